The van der Waals surface area contributed by atoms with Crippen LogP contribution in [0.3, 0.4) is 0 Å². The number of nitrogens with zero attached hydrogens (tertiary/aromatic N) is 1. The predicted molar refractivity (Wildman–Crippen MR) is 89.2 cm³/mol. The number of hydrogen-bond acceptors (Lipinski definition) is 4. The van der Waals surface area contributed by atoms with Crippen LogP contribution in [0, 0.1) is 5.92 Å². The summed E-state index contributed by atoms with van der Waals surface area (Å²) in [5.74, 6) is -0.507. The lowest BCUT2D eigenvalue weighted by Crippen LogP contribution is -2.42. The lowest BCUT2D eigenvalue weighted by atomic mass is 10.1. The molecule has 8 nitrogen and oxygen atoms in total. The second-order valence-electron chi connectivity index (χ2n) is 5.87. The summed E-state index contributed by atoms with van der Waals surface area (Å²) in [6.45, 7) is 3.88. The summed E-state index contributed by atoms with van der Waals surface area (Å²) in [6.07, 6.45) is 0.294. The maximum Gasteiger partial charge on any atom is 0.328 e. The number of aromatic nitrogens is 2. The molecule has 3 N–H and O–H groups in total. The third-order valence-corrected chi connectivity index (χ3v) is 3.40. The summed E-state index contributed by atoms with van der Waals surface area (Å²) in [5, 5.41) is 0.378. The number of nitrogens with one attached hydrogen (secondary N) is 3. The highest BCUT2D eigenvalue weighted by atomic mass is 16.2. The number of para-hydroxylation sites is 1. The number of carbonyl (C=O) groups is 2. The molecule has 8 heteroatoms. The maximum atomic E-state index is 12.0. The quantitative estimate of drug-likeness (QED) is 0.682. The van der Waals surface area contributed by atoms with Gasteiger partial charge in [-0.1, -0.05) is 26.0 Å². The van der Waals surface area contributed by atoms with Crippen LogP contribution in [0.25, 0.3) is 10.9 Å². The monoisotopic (exact) mass is 332 g/mol. The van der Waals surface area contributed by atoms with Gasteiger partial charge < -0.3 is 0 Å². The predicted octanol–water partition coefficient (Wildman–Crippen LogP) is 0.273. The molecule has 2 aromatic rings. The van der Waals surface area contributed by atoms with E-state index in [1.807, 2.05) is 13.8 Å². The molecule has 0 saturated carbocycles. The minimum absolute atomic E-state index is 0.0160. The highest BCUT2D eigenvalue weighted by molar-refractivity contribution is 5.82. The SMILES string of the molecule is CC(C)CC(=O)NNC(=O)CCn1c(=O)[nH]c(=O)c2ccccc21. The van der Waals surface area contributed by atoms with Crippen molar-refractivity contribution in [3.63, 3.8) is 0 Å². The van der Waals surface area contributed by atoms with E-state index in [2.05, 4.69) is 15.8 Å². The smallest absolute Gasteiger partial charge is 0.293 e. The van der Waals surface area contributed by atoms with Crippen LogP contribution in [0.1, 0.15) is 26.7 Å². The van der Waals surface area contributed by atoms with E-state index < -0.39 is 17.2 Å². The molecule has 2 amide bonds. The van der Waals surface area contributed by atoms with Crippen LogP contribution in [0.4, 0.5) is 0 Å². The molecule has 1 aromatic heterocycles. The lowest BCUT2D eigenvalue weighted by molar-refractivity contribution is -0.129. The van der Waals surface area contributed by atoms with E-state index in [0.717, 1.165) is 0 Å². The molecule has 0 aliphatic heterocycles. The molecular formula is C16H20N4O4. The molecule has 1 aromatic carbocycles. The van der Waals surface area contributed by atoms with Gasteiger partial charge in [0.2, 0.25) is 11.8 Å². The number of benzene rings is 1. The summed E-state index contributed by atoms with van der Waals surface area (Å²) < 4.78 is 1.33. The molecule has 0 aliphatic rings. The van der Waals surface area contributed by atoms with Crippen LogP contribution < -0.4 is 22.1 Å². The number of carbonyl (C=O) groups excluding carboxylic acids is 2. The molecule has 1 heterocycles. The maximum absolute atomic E-state index is 12.0. The standard InChI is InChI=1S/C16H20N4O4/c1-10(2)9-14(22)19-18-13(21)7-8-20-12-6-4-3-5-11(12)15(23)17-16(20)24/h3-6,10H,7-9H2,1-2H3,(H,18,21)(H,19,22)(H,17,23,24). The molecule has 0 spiro atoms. The Balaban J connectivity index is 2.04. The second-order valence-corrected chi connectivity index (χ2v) is 5.87. The van der Waals surface area contributed by atoms with E-state index in [4.69, 9.17) is 0 Å². The molecular weight excluding hydrogens is 312 g/mol. The first-order chi connectivity index (χ1) is 11.4. The van der Waals surface area contributed by atoms with Crippen molar-refractivity contribution in [2.24, 2.45) is 5.92 Å². The first-order valence-corrected chi connectivity index (χ1v) is 7.68. The number of amides is 2. The highest BCUT2D eigenvalue weighted by Gasteiger charge is 2.10. The molecule has 0 unspecified atom stereocenters. The first kappa shape index (κ1) is 17.5. The molecule has 0 atom stereocenters. The van der Waals surface area contributed by atoms with Crippen LogP contribution in [0.5, 0.6) is 0 Å². The van der Waals surface area contributed by atoms with Gasteiger partial charge in [0, 0.05) is 19.4 Å². The fraction of sp³-hybridized carbons (Fsp3) is 0.375. The number of hydrazine groups is 1. The minimum Gasteiger partial charge on any atom is -0.293 e. The zero-order valence-corrected chi connectivity index (χ0v) is 13.6. The van der Waals surface area contributed by atoms with Gasteiger partial charge in [0.25, 0.3) is 5.56 Å². The molecule has 2 rings (SSSR count). The molecule has 0 bridgehead atoms. The van der Waals surface area contributed by atoms with Crippen molar-refractivity contribution >= 4 is 22.7 Å². The zero-order chi connectivity index (χ0) is 17.7. The third kappa shape index (κ3) is 4.31. The van der Waals surface area contributed by atoms with Crippen LogP contribution >= 0.6 is 0 Å². The number of fused-ring (bicyclic) bond motifs is 1. The molecule has 0 fully saturated rings. The summed E-state index contributed by atoms with van der Waals surface area (Å²) in [7, 11) is 0. The van der Waals surface area contributed by atoms with Crippen LogP contribution in [-0.2, 0) is 16.1 Å². The van der Waals surface area contributed by atoms with Gasteiger partial charge >= 0.3 is 5.69 Å². The van der Waals surface area contributed by atoms with Gasteiger partial charge in [-0.2, -0.15) is 0 Å². The Labute approximate surface area is 137 Å². The van der Waals surface area contributed by atoms with Gasteiger partial charge in [-0.05, 0) is 18.1 Å². The van der Waals surface area contributed by atoms with E-state index in [1.54, 1.807) is 24.3 Å². The largest absolute Gasteiger partial charge is 0.328 e. The summed E-state index contributed by atoms with van der Waals surface area (Å²) >= 11 is 0. The van der Waals surface area contributed by atoms with Gasteiger partial charge in [0.1, 0.15) is 0 Å². The normalized spacial score (nSPS) is 10.8. The molecule has 0 radical (unpaired) electrons. The summed E-state index contributed by atoms with van der Waals surface area (Å²) in [4.78, 5) is 49.2. The number of rotatable bonds is 5. The third-order valence-electron chi connectivity index (χ3n) is 3.40. The van der Waals surface area contributed by atoms with E-state index in [1.165, 1.54) is 4.57 Å². The number of H-pyrrole nitrogens is 1. The molecule has 128 valence electrons. The molecule has 0 aliphatic carbocycles. The lowest BCUT2D eigenvalue weighted by Gasteiger charge is -2.11. The average molecular weight is 332 g/mol. The van der Waals surface area contributed by atoms with Crippen molar-refractivity contribution in [2.45, 2.75) is 33.2 Å². The molecule has 24 heavy (non-hydrogen) atoms. The van der Waals surface area contributed by atoms with Gasteiger partial charge in [-0.3, -0.25) is 34.8 Å². The van der Waals surface area contributed by atoms with Crippen molar-refractivity contribution < 1.29 is 9.59 Å². The van der Waals surface area contributed by atoms with Gasteiger partial charge in [0.15, 0.2) is 0 Å². The average Bonchev–Trinajstić information content (AvgIpc) is 2.52. The van der Waals surface area contributed by atoms with Crippen molar-refractivity contribution in [3.8, 4) is 0 Å². The number of hydrogen-bond donors (Lipinski definition) is 3. The fourth-order valence-corrected chi connectivity index (χ4v) is 2.30. The zero-order valence-electron chi connectivity index (χ0n) is 13.6. The first-order valence-electron chi connectivity index (χ1n) is 7.68. The van der Waals surface area contributed by atoms with Gasteiger partial charge in [-0.25, -0.2) is 4.79 Å². The summed E-state index contributed by atoms with van der Waals surface area (Å²) in [5.41, 5.74) is 4.06. The number of aromatic amines is 1. The van der Waals surface area contributed by atoms with Crippen LogP contribution in [0.2, 0.25) is 0 Å². The van der Waals surface area contributed by atoms with E-state index in [0.29, 0.717) is 17.3 Å². The highest BCUT2D eigenvalue weighted by Crippen LogP contribution is 2.06. The summed E-state index contributed by atoms with van der Waals surface area (Å²) in [6, 6.07) is 6.66. The van der Waals surface area contributed by atoms with Crippen molar-refractivity contribution in [3.05, 3.63) is 45.1 Å². The van der Waals surface area contributed by atoms with Crippen LogP contribution in [0.15, 0.2) is 33.9 Å². The Morgan fingerprint density at radius 2 is 1.79 bits per heavy atom. The van der Waals surface area contributed by atoms with Crippen molar-refractivity contribution in [2.75, 3.05) is 0 Å². The van der Waals surface area contributed by atoms with E-state index >= 15 is 0 Å². The molecule has 0 saturated heterocycles. The van der Waals surface area contributed by atoms with Crippen molar-refractivity contribution in [1.82, 2.24) is 20.4 Å². The van der Waals surface area contributed by atoms with Gasteiger partial charge in [-0.15, -0.1) is 0 Å². The Morgan fingerprint density at radius 1 is 1.12 bits per heavy atom. The van der Waals surface area contributed by atoms with Crippen LogP contribution in [-0.4, -0.2) is 21.4 Å². The number of aryl methyl sites for hydroxylation is 1. The fourth-order valence-electron chi connectivity index (χ4n) is 2.30. The Kier molecular flexibility index (Phi) is 5.51. The van der Waals surface area contributed by atoms with Crippen molar-refractivity contribution in [1.29, 1.82) is 0 Å². The minimum atomic E-state index is -0.574. The van der Waals surface area contributed by atoms with E-state index in [9.17, 15) is 19.2 Å². The Hall–Kier alpha value is -2.90. The van der Waals surface area contributed by atoms with E-state index in [-0.39, 0.29) is 24.8 Å². The Morgan fingerprint density at radius 3 is 2.50 bits per heavy atom. The van der Waals surface area contributed by atoms with Gasteiger partial charge in [0.05, 0.1) is 10.9 Å². The Bertz CT molecular complexity index is 866. The topological polar surface area (TPSA) is 113 Å². The second kappa shape index (κ2) is 7.58.